The van der Waals surface area contributed by atoms with Gasteiger partial charge in [-0.15, -0.1) is 0 Å². The number of carbonyl (C=O) groups is 1. The summed E-state index contributed by atoms with van der Waals surface area (Å²) in [5.41, 5.74) is 4.52. The summed E-state index contributed by atoms with van der Waals surface area (Å²) in [5.74, 6) is 0.406. The number of nitrogens with zero attached hydrogens (tertiary/aromatic N) is 1. The van der Waals surface area contributed by atoms with E-state index in [4.69, 9.17) is 14.4 Å². The maximum absolute atomic E-state index is 12.1. The van der Waals surface area contributed by atoms with E-state index >= 15 is 0 Å². The number of furan rings is 1. The summed E-state index contributed by atoms with van der Waals surface area (Å²) in [6.45, 7) is 5.92. The molecular weight excluding hydrogens is 302 g/mol. The Hall–Kier alpha value is -3.06. The van der Waals surface area contributed by atoms with E-state index in [1.807, 2.05) is 32.0 Å². The number of fused-ring (bicyclic) bond motifs is 1. The monoisotopic (exact) mass is 319 g/mol. The van der Waals surface area contributed by atoms with Crippen molar-refractivity contribution in [1.29, 1.82) is 5.26 Å². The Morgan fingerprint density at radius 3 is 2.50 bits per heavy atom. The first-order valence-electron chi connectivity index (χ1n) is 7.76. The Bertz CT molecular complexity index is 953. The van der Waals surface area contributed by atoms with Crippen molar-refractivity contribution < 1.29 is 13.9 Å². The number of benzene rings is 2. The molecule has 120 valence electrons. The van der Waals surface area contributed by atoms with Gasteiger partial charge in [0.2, 0.25) is 0 Å². The van der Waals surface area contributed by atoms with Crippen molar-refractivity contribution in [3.05, 3.63) is 58.7 Å². The SMILES string of the molecule is CCOC(=O)c1c(C)cc(-c2cc3cc(C#N)ccc3o2)cc1C. The number of hydrogen-bond donors (Lipinski definition) is 0. The van der Waals surface area contributed by atoms with Crippen LogP contribution in [-0.2, 0) is 4.74 Å². The fourth-order valence-corrected chi connectivity index (χ4v) is 2.89. The van der Waals surface area contributed by atoms with Crippen LogP contribution in [0.3, 0.4) is 0 Å². The second-order valence-corrected chi connectivity index (χ2v) is 5.68. The predicted octanol–water partition coefficient (Wildman–Crippen LogP) is 4.77. The van der Waals surface area contributed by atoms with Crippen LogP contribution in [0.2, 0.25) is 0 Å². The molecule has 0 saturated carbocycles. The Labute approximate surface area is 140 Å². The minimum atomic E-state index is -0.303. The van der Waals surface area contributed by atoms with Gasteiger partial charge in [-0.2, -0.15) is 5.26 Å². The van der Waals surface area contributed by atoms with E-state index in [9.17, 15) is 4.79 Å². The van der Waals surface area contributed by atoms with Gasteiger partial charge in [-0.25, -0.2) is 4.79 Å². The van der Waals surface area contributed by atoms with Gasteiger partial charge in [0.1, 0.15) is 11.3 Å². The lowest BCUT2D eigenvalue weighted by molar-refractivity contribution is 0.0524. The number of hydrogen-bond acceptors (Lipinski definition) is 4. The smallest absolute Gasteiger partial charge is 0.338 e. The van der Waals surface area contributed by atoms with E-state index in [-0.39, 0.29) is 5.97 Å². The van der Waals surface area contributed by atoms with Crippen molar-refractivity contribution in [2.45, 2.75) is 20.8 Å². The van der Waals surface area contributed by atoms with E-state index in [2.05, 4.69) is 6.07 Å². The summed E-state index contributed by atoms with van der Waals surface area (Å²) in [6, 6.07) is 13.2. The zero-order valence-electron chi connectivity index (χ0n) is 13.8. The highest BCUT2D eigenvalue weighted by atomic mass is 16.5. The minimum absolute atomic E-state index is 0.303. The van der Waals surface area contributed by atoms with Crippen LogP contribution in [0.15, 0.2) is 40.8 Å². The highest BCUT2D eigenvalue weighted by Crippen LogP contribution is 2.31. The van der Waals surface area contributed by atoms with Crippen molar-refractivity contribution in [2.24, 2.45) is 0 Å². The van der Waals surface area contributed by atoms with E-state index < -0.39 is 0 Å². The first-order valence-corrected chi connectivity index (χ1v) is 7.76. The molecule has 3 aromatic rings. The lowest BCUT2D eigenvalue weighted by Gasteiger charge is -2.10. The van der Waals surface area contributed by atoms with Crippen molar-refractivity contribution in [1.82, 2.24) is 0 Å². The minimum Gasteiger partial charge on any atom is -0.462 e. The molecule has 0 saturated heterocycles. The Kier molecular flexibility index (Phi) is 4.09. The van der Waals surface area contributed by atoms with Gasteiger partial charge in [0.05, 0.1) is 23.8 Å². The third kappa shape index (κ3) is 2.77. The maximum Gasteiger partial charge on any atom is 0.338 e. The summed E-state index contributed by atoms with van der Waals surface area (Å²) >= 11 is 0. The molecule has 1 heterocycles. The largest absolute Gasteiger partial charge is 0.462 e. The van der Waals surface area contributed by atoms with Gasteiger partial charge in [0.15, 0.2) is 0 Å². The molecule has 0 fully saturated rings. The quantitative estimate of drug-likeness (QED) is 0.653. The van der Waals surface area contributed by atoms with Crippen LogP contribution in [-0.4, -0.2) is 12.6 Å². The molecule has 24 heavy (non-hydrogen) atoms. The standard InChI is InChI=1S/C20H17NO3/c1-4-23-20(22)19-12(2)7-15(8-13(19)3)18-10-16-9-14(11-21)5-6-17(16)24-18/h5-10H,4H2,1-3H3. The van der Waals surface area contributed by atoms with Gasteiger partial charge in [-0.05, 0) is 68.3 Å². The van der Waals surface area contributed by atoms with Gasteiger partial charge in [0, 0.05) is 10.9 Å². The summed E-state index contributed by atoms with van der Waals surface area (Å²) in [5, 5.41) is 9.88. The number of esters is 1. The van der Waals surface area contributed by atoms with Gasteiger partial charge in [-0.1, -0.05) is 0 Å². The summed E-state index contributed by atoms with van der Waals surface area (Å²) in [6.07, 6.45) is 0. The van der Waals surface area contributed by atoms with Gasteiger partial charge in [0.25, 0.3) is 0 Å². The summed E-state index contributed by atoms with van der Waals surface area (Å²) in [4.78, 5) is 12.1. The van der Waals surface area contributed by atoms with Gasteiger partial charge in [-0.3, -0.25) is 0 Å². The van der Waals surface area contributed by atoms with Crippen molar-refractivity contribution in [3.8, 4) is 17.4 Å². The average molecular weight is 319 g/mol. The molecule has 4 nitrogen and oxygen atoms in total. The van der Waals surface area contributed by atoms with Crippen molar-refractivity contribution >= 4 is 16.9 Å². The third-order valence-corrected chi connectivity index (χ3v) is 3.94. The molecule has 0 aliphatic carbocycles. The number of nitriles is 1. The molecule has 0 spiro atoms. The highest BCUT2D eigenvalue weighted by molar-refractivity contribution is 5.94. The molecule has 0 atom stereocenters. The molecule has 0 amide bonds. The van der Waals surface area contributed by atoms with Crippen LogP contribution in [0.1, 0.15) is 34.0 Å². The molecule has 0 bridgehead atoms. The lowest BCUT2D eigenvalue weighted by atomic mass is 9.98. The van der Waals surface area contributed by atoms with Crippen LogP contribution in [0.5, 0.6) is 0 Å². The molecule has 0 unspecified atom stereocenters. The molecule has 1 aromatic heterocycles. The van der Waals surface area contributed by atoms with E-state index in [1.165, 1.54) is 0 Å². The van der Waals surface area contributed by atoms with Crippen LogP contribution in [0.4, 0.5) is 0 Å². The molecule has 0 aliphatic heterocycles. The summed E-state index contributed by atoms with van der Waals surface area (Å²) < 4.78 is 11.0. The van der Waals surface area contributed by atoms with Crippen LogP contribution in [0, 0.1) is 25.2 Å². The highest BCUT2D eigenvalue weighted by Gasteiger charge is 2.16. The molecule has 0 N–H and O–H groups in total. The van der Waals surface area contributed by atoms with Crippen LogP contribution < -0.4 is 0 Å². The maximum atomic E-state index is 12.1. The first kappa shape index (κ1) is 15.8. The van der Waals surface area contributed by atoms with E-state index in [0.29, 0.717) is 23.5 Å². The van der Waals surface area contributed by atoms with Crippen molar-refractivity contribution in [3.63, 3.8) is 0 Å². The topological polar surface area (TPSA) is 63.2 Å². The Morgan fingerprint density at radius 2 is 1.88 bits per heavy atom. The Morgan fingerprint density at radius 1 is 1.17 bits per heavy atom. The number of rotatable bonds is 3. The summed E-state index contributed by atoms with van der Waals surface area (Å²) in [7, 11) is 0. The number of carbonyl (C=O) groups excluding carboxylic acids is 1. The van der Waals surface area contributed by atoms with E-state index in [0.717, 1.165) is 27.7 Å². The Balaban J connectivity index is 2.07. The van der Waals surface area contributed by atoms with Crippen LogP contribution >= 0.6 is 0 Å². The first-order chi connectivity index (χ1) is 11.5. The molecular formula is C20H17NO3. The number of aryl methyl sites for hydroxylation is 2. The number of ether oxygens (including phenoxy) is 1. The second kappa shape index (κ2) is 6.21. The van der Waals surface area contributed by atoms with Crippen molar-refractivity contribution in [2.75, 3.05) is 6.61 Å². The molecule has 3 rings (SSSR count). The van der Waals surface area contributed by atoms with Crippen LogP contribution in [0.25, 0.3) is 22.3 Å². The predicted molar refractivity (Wildman–Crippen MR) is 91.8 cm³/mol. The average Bonchev–Trinajstić information content (AvgIpc) is 2.97. The normalized spacial score (nSPS) is 10.6. The molecule has 0 radical (unpaired) electrons. The zero-order chi connectivity index (χ0) is 17.3. The fraction of sp³-hybridized carbons (Fsp3) is 0.200. The zero-order valence-corrected chi connectivity index (χ0v) is 13.8. The molecule has 0 aliphatic rings. The molecule has 4 heteroatoms. The second-order valence-electron chi connectivity index (χ2n) is 5.68. The third-order valence-electron chi connectivity index (χ3n) is 3.94. The lowest BCUT2D eigenvalue weighted by Crippen LogP contribution is -2.09. The van der Waals surface area contributed by atoms with E-state index in [1.54, 1.807) is 25.1 Å². The van der Waals surface area contributed by atoms with Gasteiger partial charge < -0.3 is 9.15 Å². The molecule has 2 aromatic carbocycles. The fourth-order valence-electron chi connectivity index (χ4n) is 2.89. The van der Waals surface area contributed by atoms with Gasteiger partial charge >= 0.3 is 5.97 Å².